The zero-order chi connectivity index (χ0) is 22.5. The van der Waals surface area contributed by atoms with Crippen molar-refractivity contribution in [2.45, 2.75) is 46.1 Å². The van der Waals surface area contributed by atoms with Crippen molar-refractivity contribution in [2.75, 3.05) is 6.54 Å². The fourth-order valence-corrected chi connectivity index (χ4v) is 4.38. The number of aromatic hydroxyl groups is 1. The number of benzene rings is 2. The van der Waals surface area contributed by atoms with E-state index in [4.69, 9.17) is 0 Å². The number of phenols is 1. The van der Waals surface area contributed by atoms with Crippen LogP contribution in [0.5, 0.6) is 5.75 Å². The monoisotopic (exact) mass is 415 g/mol. The maximum atomic E-state index is 13.2. The lowest BCUT2D eigenvalue weighted by atomic mass is 9.85. The molecule has 0 spiro atoms. The Labute approximate surface area is 183 Å². The summed E-state index contributed by atoms with van der Waals surface area (Å²) < 4.78 is 0. The van der Waals surface area contributed by atoms with Crippen molar-refractivity contribution in [1.29, 1.82) is 0 Å². The van der Waals surface area contributed by atoms with Gasteiger partial charge in [-0.2, -0.15) is 5.10 Å². The first kappa shape index (κ1) is 20.9. The third kappa shape index (κ3) is 3.44. The van der Waals surface area contributed by atoms with Crippen LogP contribution in [0.15, 0.2) is 49.1 Å². The van der Waals surface area contributed by atoms with Gasteiger partial charge >= 0.3 is 0 Å². The molecule has 2 aromatic carbocycles. The smallest absolute Gasteiger partial charge is 0.273 e. The fourth-order valence-electron chi connectivity index (χ4n) is 4.38. The minimum absolute atomic E-state index is 0.0433. The van der Waals surface area contributed by atoms with Gasteiger partial charge in [-0.3, -0.25) is 9.89 Å². The second-order valence-corrected chi connectivity index (χ2v) is 9.36. The molecule has 1 atom stereocenters. The van der Waals surface area contributed by atoms with Gasteiger partial charge in [-0.15, -0.1) is 6.58 Å². The van der Waals surface area contributed by atoms with Crippen molar-refractivity contribution in [3.8, 4) is 17.0 Å². The van der Waals surface area contributed by atoms with Crippen LogP contribution < -0.4 is 0 Å². The van der Waals surface area contributed by atoms with Crippen LogP contribution in [0.25, 0.3) is 11.3 Å². The molecule has 0 saturated heterocycles. The Morgan fingerprint density at radius 1 is 1.19 bits per heavy atom. The lowest BCUT2D eigenvalue weighted by Crippen LogP contribution is -2.29. The number of aromatic nitrogens is 2. The first-order valence-corrected chi connectivity index (χ1v) is 10.5. The third-order valence-corrected chi connectivity index (χ3v) is 5.98. The largest absolute Gasteiger partial charge is 0.507 e. The van der Waals surface area contributed by atoms with Gasteiger partial charge in [-0.05, 0) is 47.6 Å². The van der Waals surface area contributed by atoms with E-state index >= 15 is 0 Å². The summed E-state index contributed by atoms with van der Waals surface area (Å²) in [4.78, 5) is 15.0. The molecule has 5 heteroatoms. The van der Waals surface area contributed by atoms with Crippen molar-refractivity contribution < 1.29 is 9.90 Å². The van der Waals surface area contributed by atoms with Gasteiger partial charge < -0.3 is 10.0 Å². The van der Waals surface area contributed by atoms with E-state index in [1.807, 2.05) is 26.0 Å². The van der Waals surface area contributed by atoms with Gasteiger partial charge in [0, 0.05) is 17.7 Å². The number of nitrogens with one attached hydrogen (secondary N) is 1. The van der Waals surface area contributed by atoms with Crippen molar-refractivity contribution in [1.82, 2.24) is 15.1 Å². The molecule has 2 heterocycles. The number of amides is 1. The van der Waals surface area contributed by atoms with E-state index in [9.17, 15) is 9.90 Å². The minimum atomic E-state index is -0.302. The Morgan fingerprint density at radius 2 is 1.87 bits per heavy atom. The number of nitrogens with zero attached hydrogens (tertiary/aromatic N) is 2. The number of phenolic OH excluding ortho intramolecular Hbond substituents is 1. The number of H-pyrrole nitrogens is 1. The van der Waals surface area contributed by atoms with Gasteiger partial charge in [-0.1, -0.05) is 57.2 Å². The maximum absolute atomic E-state index is 13.2. The number of carbonyl (C=O) groups excluding carboxylic acids is 1. The Bertz CT molecular complexity index is 1170. The number of hydrogen-bond acceptors (Lipinski definition) is 3. The Morgan fingerprint density at radius 3 is 2.48 bits per heavy atom. The highest BCUT2D eigenvalue weighted by atomic mass is 16.3. The normalized spacial score (nSPS) is 16.0. The molecule has 1 aliphatic heterocycles. The number of aryl methyl sites for hydroxylation is 2. The summed E-state index contributed by atoms with van der Waals surface area (Å²) >= 11 is 0. The van der Waals surface area contributed by atoms with Crippen LogP contribution in [0.3, 0.4) is 0 Å². The first-order chi connectivity index (χ1) is 14.6. The lowest BCUT2D eigenvalue weighted by Gasteiger charge is -2.26. The van der Waals surface area contributed by atoms with Gasteiger partial charge in [0.25, 0.3) is 5.91 Å². The minimum Gasteiger partial charge on any atom is -0.507 e. The predicted molar refractivity (Wildman–Crippen MR) is 123 cm³/mol. The van der Waals surface area contributed by atoms with Gasteiger partial charge in [-0.25, -0.2) is 0 Å². The number of hydrogen-bond donors (Lipinski definition) is 2. The summed E-state index contributed by atoms with van der Waals surface area (Å²) in [5.74, 6) is 0.0822. The molecule has 0 radical (unpaired) electrons. The highest BCUT2D eigenvalue weighted by Crippen LogP contribution is 2.45. The SMILES string of the molecule is C=CCN1C(=O)c2[nH]nc(-c3cc(C)cc(C)c3O)c2C1c1ccc(C(C)(C)C)cc1. The zero-order valence-corrected chi connectivity index (χ0v) is 18.8. The van der Waals surface area contributed by atoms with Crippen LogP contribution in [0.1, 0.15) is 65.1 Å². The van der Waals surface area contributed by atoms with Gasteiger partial charge in [0.1, 0.15) is 17.1 Å². The van der Waals surface area contributed by atoms with Gasteiger partial charge in [0.05, 0.1) is 6.04 Å². The van der Waals surface area contributed by atoms with E-state index in [0.29, 0.717) is 23.5 Å². The van der Waals surface area contributed by atoms with E-state index in [1.54, 1.807) is 11.0 Å². The number of rotatable bonds is 4. The molecule has 1 amide bonds. The van der Waals surface area contributed by atoms with Crippen molar-refractivity contribution in [2.24, 2.45) is 0 Å². The molecule has 3 aromatic rings. The van der Waals surface area contributed by atoms with Crippen LogP contribution in [-0.4, -0.2) is 32.7 Å². The van der Waals surface area contributed by atoms with Crippen LogP contribution in [0.4, 0.5) is 0 Å². The summed E-state index contributed by atoms with van der Waals surface area (Å²) in [6.07, 6.45) is 1.74. The number of carbonyl (C=O) groups is 1. The molecule has 1 aliphatic rings. The molecular formula is C26H29N3O2. The Kier molecular flexibility index (Phi) is 5.00. The summed E-state index contributed by atoms with van der Waals surface area (Å²) in [5, 5.41) is 18.2. The molecule has 31 heavy (non-hydrogen) atoms. The van der Waals surface area contributed by atoms with E-state index < -0.39 is 0 Å². The average Bonchev–Trinajstić information content (AvgIpc) is 3.24. The number of fused-ring (bicyclic) bond motifs is 1. The Hall–Kier alpha value is -3.34. The topological polar surface area (TPSA) is 69.2 Å². The average molecular weight is 416 g/mol. The number of aromatic amines is 1. The molecule has 0 aliphatic carbocycles. The highest BCUT2D eigenvalue weighted by molar-refractivity contribution is 6.00. The molecule has 0 saturated carbocycles. The molecule has 1 unspecified atom stereocenters. The van der Waals surface area contributed by atoms with Crippen molar-refractivity contribution >= 4 is 5.91 Å². The molecular weight excluding hydrogens is 386 g/mol. The van der Waals surface area contributed by atoms with Gasteiger partial charge in [0.2, 0.25) is 0 Å². The molecule has 4 rings (SSSR count). The maximum Gasteiger partial charge on any atom is 0.273 e. The highest BCUT2D eigenvalue weighted by Gasteiger charge is 2.42. The standard InChI is InChI=1S/C26H29N3O2/c1-7-12-29-23(17-8-10-18(11-9-17)26(4,5)6)20-21(27-28-22(20)25(29)31)19-14-15(2)13-16(3)24(19)30/h7-11,13-14,23,30H,1,12H2,2-6H3,(H,27,28). The van der Waals surface area contributed by atoms with Crippen molar-refractivity contribution in [3.05, 3.63) is 82.6 Å². The van der Waals surface area contributed by atoms with Crippen LogP contribution >= 0.6 is 0 Å². The Balaban J connectivity index is 1.90. The lowest BCUT2D eigenvalue weighted by molar-refractivity contribution is 0.0764. The summed E-state index contributed by atoms with van der Waals surface area (Å²) in [6, 6.07) is 12.0. The summed E-state index contributed by atoms with van der Waals surface area (Å²) in [5.41, 5.74) is 6.62. The molecule has 5 nitrogen and oxygen atoms in total. The first-order valence-electron chi connectivity index (χ1n) is 10.5. The molecule has 2 N–H and O–H groups in total. The molecule has 160 valence electrons. The molecule has 1 aromatic heterocycles. The van der Waals surface area contributed by atoms with E-state index in [2.05, 4.69) is 61.8 Å². The van der Waals surface area contributed by atoms with E-state index in [0.717, 1.165) is 22.3 Å². The zero-order valence-electron chi connectivity index (χ0n) is 18.8. The van der Waals surface area contributed by atoms with Crippen molar-refractivity contribution in [3.63, 3.8) is 0 Å². The van der Waals surface area contributed by atoms with E-state index in [1.165, 1.54) is 5.56 Å². The third-order valence-electron chi connectivity index (χ3n) is 5.98. The van der Waals surface area contributed by atoms with Crippen LogP contribution in [0, 0.1) is 13.8 Å². The predicted octanol–water partition coefficient (Wildman–Crippen LogP) is 5.43. The summed E-state index contributed by atoms with van der Waals surface area (Å²) in [7, 11) is 0. The fraction of sp³-hybridized carbons (Fsp3) is 0.308. The van der Waals surface area contributed by atoms with E-state index in [-0.39, 0.29) is 23.1 Å². The van der Waals surface area contributed by atoms with Crippen LogP contribution in [0.2, 0.25) is 0 Å². The summed E-state index contributed by atoms with van der Waals surface area (Å²) in [6.45, 7) is 14.7. The molecule has 0 fully saturated rings. The molecule has 0 bridgehead atoms. The second kappa shape index (κ2) is 7.41. The van der Waals surface area contributed by atoms with Gasteiger partial charge in [0.15, 0.2) is 0 Å². The quantitative estimate of drug-likeness (QED) is 0.559. The second-order valence-electron chi connectivity index (χ2n) is 9.36. The van der Waals surface area contributed by atoms with Crippen LogP contribution in [-0.2, 0) is 5.41 Å².